The molecule has 1 amide bonds. The topological polar surface area (TPSA) is 57.3 Å². The van der Waals surface area contributed by atoms with Gasteiger partial charge in [-0.3, -0.25) is 4.79 Å². The van der Waals surface area contributed by atoms with Crippen LogP contribution in [0, 0.1) is 0 Å². The lowest BCUT2D eigenvalue weighted by Crippen LogP contribution is -2.25. The maximum atomic E-state index is 12.4. The molecule has 0 spiro atoms. The van der Waals surface area contributed by atoms with E-state index in [2.05, 4.69) is 35.4 Å². The number of para-hydroxylation sites is 2. The second kappa shape index (κ2) is 8.13. The van der Waals surface area contributed by atoms with Crippen LogP contribution < -0.4 is 10.6 Å². The standard InChI is InChI=1S/C15H18N4OS.CH3B/c1-16-10-5-3-4-6-11(10)17-14(20)15-18-12-7-8-19(2)9-13(12)21-15;1-2/h3-6,16H,7-9H2,1-2H3,(H,17,20);1H3. The third-order valence-electron chi connectivity index (χ3n) is 3.56. The Morgan fingerprint density at radius 1 is 1.30 bits per heavy atom. The van der Waals surface area contributed by atoms with Crippen molar-refractivity contribution in [1.29, 1.82) is 0 Å². The minimum absolute atomic E-state index is 0.139. The van der Waals surface area contributed by atoms with Crippen molar-refractivity contribution in [2.75, 3.05) is 31.3 Å². The van der Waals surface area contributed by atoms with Crippen LogP contribution in [0.25, 0.3) is 0 Å². The lowest BCUT2D eigenvalue weighted by molar-refractivity contribution is 0.102. The average molecular weight is 328 g/mol. The Labute approximate surface area is 142 Å². The highest BCUT2D eigenvalue weighted by Gasteiger charge is 2.21. The number of nitrogens with one attached hydrogen (secondary N) is 2. The number of rotatable bonds is 3. The van der Waals surface area contributed by atoms with Crippen LogP contribution in [0.2, 0.25) is 6.82 Å². The van der Waals surface area contributed by atoms with E-state index in [-0.39, 0.29) is 5.91 Å². The monoisotopic (exact) mass is 328 g/mol. The Hall–Kier alpha value is -1.86. The summed E-state index contributed by atoms with van der Waals surface area (Å²) in [5, 5.41) is 6.54. The van der Waals surface area contributed by atoms with Gasteiger partial charge < -0.3 is 15.5 Å². The van der Waals surface area contributed by atoms with E-state index in [0.717, 1.165) is 36.6 Å². The summed E-state index contributed by atoms with van der Waals surface area (Å²) in [5.74, 6) is -0.139. The fourth-order valence-electron chi connectivity index (χ4n) is 2.41. The zero-order valence-electron chi connectivity index (χ0n) is 13.7. The highest BCUT2D eigenvalue weighted by atomic mass is 32.1. The van der Waals surface area contributed by atoms with Crippen LogP contribution in [0.1, 0.15) is 20.4 Å². The quantitative estimate of drug-likeness (QED) is 0.851. The minimum Gasteiger partial charge on any atom is -0.386 e. The van der Waals surface area contributed by atoms with Gasteiger partial charge in [-0.1, -0.05) is 19.0 Å². The van der Waals surface area contributed by atoms with Gasteiger partial charge in [0.05, 0.1) is 24.9 Å². The fourth-order valence-corrected chi connectivity index (χ4v) is 3.49. The van der Waals surface area contributed by atoms with E-state index in [1.54, 1.807) is 0 Å². The van der Waals surface area contributed by atoms with Crippen molar-refractivity contribution in [1.82, 2.24) is 9.88 Å². The summed E-state index contributed by atoms with van der Waals surface area (Å²) in [6, 6.07) is 7.64. The number of nitrogens with zero attached hydrogens (tertiary/aromatic N) is 2. The van der Waals surface area contributed by atoms with Crippen molar-refractivity contribution in [2.45, 2.75) is 19.8 Å². The molecule has 1 aliphatic heterocycles. The molecule has 0 saturated carbocycles. The first kappa shape index (κ1) is 17.5. The number of hydrogen-bond acceptors (Lipinski definition) is 5. The SMILES string of the molecule is CNc1ccccc1NC(=O)c1nc2c(s1)CN(C)CC2.[B]C. The van der Waals surface area contributed by atoms with E-state index in [0.29, 0.717) is 5.01 Å². The van der Waals surface area contributed by atoms with Crippen molar-refractivity contribution in [2.24, 2.45) is 0 Å². The molecular formula is C16H21BN4OS. The number of carbonyl (C=O) groups is 1. The van der Waals surface area contributed by atoms with E-state index in [1.807, 2.05) is 31.3 Å². The van der Waals surface area contributed by atoms with Crippen LogP contribution in [-0.4, -0.2) is 44.3 Å². The summed E-state index contributed by atoms with van der Waals surface area (Å²) in [6.07, 6.45) is 0.919. The number of aromatic nitrogens is 1. The smallest absolute Gasteiger partial charge is 0.284 e. The molecule has 0 atom stereocenters. The van der Waals surface area contributed by atoms with Crippen LogP contribution in [-0.2, 0) is 13.0 Å². The highest BCUT2D eigenvalue weighted by Crippen LogP contribution is 2.26. The molecular weight excluding hydrogens is 307 g/mol. The van der Waals surface area contributed by atoms with Gasteiger partial charge in [-0.05, 0) is 19.2 Å². The van der Waals surface area contributed by atoms with Crippen LogP contribution in [0.4, 0.5) is 11.4 Å². The van der Waals surface area contributed by atoms with Gasteiger partial charge in [0.2, 0.25) is 0 Å². The molecule has 1 aromatic carbocycles. The molecule has 0 saturated heterocycles. The molecule has 2 N–H and O–H groups in total. The highest BCUT2D eigenvalue weighted by molar-refractivity contribution is 7.13. The van der Waals surface area contributed by atoms with Gasteiger partial charge in [-0.25, -0.2) is 4.98 Å². The molecule has 1 aliphatic rings. The molecule has 7 heteroatoms. The summed E-state index contributed by atoms with van der Waals surface area (Å²) in [7, 11) is 8.43. The van der Waals surface area contributed by atoms with Crippen molar-refractivity contribution in [3.05, 3.63) is 39.8 Å². The normalized spacial score (nSPS) is 13.5. The largest absolute Gasteiger partial charge is 0.386 e. The molecule has 5 nitrogen and oxygen atoms in total. The van der Waals surface area contributed by atoms with Crippen LogP contribution in [0.5, 0.6) is 0 Å². The number of fused-ring (bicyclic) bond motifs is 1. The Morgan fingerprint density at radius 3 is 2.70 bits per heavy atom. The molecule has 0 unspecified atom stereocenters. The predicted molar refractivity (Wildman–Crippen MR) is 97.7 cm³/mol. The molecule has 0 fully saturated rings. The van der Waals surface area contributed by atoms with E-state index >= 15 is 0 Å². The second-order valence-corrected chi connectivity index (χ2v) is 6.21. The zero-order chi connectivity index (χ0) is 16.8. The number of thiazole rings is 1. The molecule has 0 aliphatic carbocycles. The van der Waals surface area contributed by atoms with Crippen LogP contribution in [0.3, 0.4) is 0 Å². The van der Waals surface area contributed by atoms with Gasteiger partial charge in [0.25, 0.3) is 5.91 Å². The van der Waals surface area contributed by atoms with E-state index in [9.17, 15) is 4.79 Å². The molecule has 120 valence electrons. The van der Waals surface area contributed by atoms with Crippen molar-refractivity contribution in [3.63, 3.8) is 0 Å². The fraction of sp³-hybridized carbons (Fsp3) is 0.375. The number of hydrogen-bond donors (Lipinski definition) is 2. The molecule has 2 heterocycles. The van der Waals surface area contributed by atoms with Crippen LogP contribution in [0.15, 0.2) is 24.3 Å². The maximum Gasteiger partial charge on any atom is 0.284 e. The number of anilines is 2. The first-order chi connectivity index (χ1) is 11.2. The molecule has 23 heavy (non-hydrogen) atoms. The number of amides is 1. The Balaban J connectivity index is 0.000000924. The lowest BCUT2D eigenvalue weighted by Gasteiger charge is -2.20. The van der Waals surface area contributed by atoms with Gasteiger partial charge in [0, 0.05) is 31.4 Å². The summed E-state index contributed by atoms with van der Waals surface area (Å²) >= 11 is 1.49. The average Bonchev–Trinajstić information content (AvgIpc) is 3.00. The Morgan fingerprint density at radius 2 is 2.00 bits per heavy atom. The molecule has 2 aromatic rings. The number of carbonyl (C=O) groups excluding carboxylic acids is 1. The summed E-state index contributed by atoms with van der Waals surface area (Å²) in [4.78, 5) is 20.3. The summed E-state index contributed by atoms with van der Waals surface area (Å²) in [6.45, 7) is 3.38. The zero-order valence-corrected chi connectivity index (χ0v) is 14.5. The minimum atomic E-state index is -0.139. The summed E-state index contributed by atoms with van der Waals surface area (Å²) < 4.78 is 0. The van der Waals surface area contributed by atoms with Gasteiger partial charge >= 0.3 is 0 Å². The van der Waals surface area contributed by atoms with Crippen molar-refractivity contribution in [3.8, 4) is 0 Å². The van der Waals surface area contributed by atoms with Crippen LogP contribution >= 0.6 is 11.3 Å². The first-order valence-electron chi connectivity index (χ1n) is 7.50. The molecule has 0 bridgehead atoms. The van der Waals surface area contributed by atoms with E-state index in [4.69, 9.17) is 0 Å². The lowest BCUT2D eigenvalue weighted by atomic mass is 10.2. The van der Waals surface area contributed by atoms with Crippen molar-refractivity contribution < 1.29 is 4.79 Å². The maximum absolute atomic E-state index is 12.4. The predicted octanol–water partition coefficient (Wildman–Crippen LogP) is 2.63. The molecule has 2 radical (unpaired) electrons. The van der Waals surface area contributed by atoms with Gasteiger partial charge in [0.1, 0.15) is 0 Å². The third-order valence-corrected chi connectivity index (χ3v) is 4.64. The summed E-state index contributed by atoms with van der Waals surface area (Å²) in [5.41, 5.74) is 2.74. The van der Waals surface area contributed by atoms with Gasteiger partial charge in [-0.2, -0.15) is 0 Å². The van der Waals surface area contributed by atoms with E-state index in [1.165, 1.54) is 23.0 Å². The Kier molecular flexibility index (Phi) is 6.18. The Bertz CT molecular complexity index is 674. The van der Waals surface area contributed by atoms with Crippen molar-refractivity contribution >= 4 is 36.5 Å². The van der Waals surface area contributed by atoms with Gasteiger partial charge in [0.15, 0.2) is 5.01 Å². The number of likely N-dealkylation sites (N-methyl/N-ethyl adjacent to an activating group) is 1. The third kappa shape index (κ3) is 4.12. The molecule has 1 aromatic heterocycles. The first-order valence-corrected chi connectivity index (χ1v) is 8.32. The van der Waals surface area contributed by atoms with Gasteiger partial charge in [-0.15, -0.1) is 11.3 Å². The second-order valence-electron chi connectivity index (χ2n) is 5.13. The van der Waals surface area contributed by atoms with E-state index < -0.39 is 0 Å². The molecule has 3 rings (SSSR count). The number of benzene rings is 1.